The van der Waals surface area contributed by atoms with E-state index in [2.05, 4.69) is 13.0 Å². The predicted octanol–water partition coefficient (Wildman–Crippen LogP) is 3.26. The highest BCUT2D eigenvalue weighted by molar-refractivity contribution is 5.68. The number of carboxylic acid groups (broad SMARTS) is 1. The molecule has 1 aromatic heterocycles. The Labute approximate surface area is 141 Å². The Kier molecular flexibility index (Phi) is 4.66. The third-order valence-corrected chi connectivity index (χ3v) is 4.72. The maximum atomic E-state index is 11.2. The average Bonchev–Trinajstić information content (AvgIpc) is 2.94. The molecule has 1 heterocycles. The van der Waals surface area contributed by atoms with Crippen molar-refractivity contribution >= 4 is 5.97 Å². The molecule has 124 valence electrons. The summed E-state index contributed by atoms with van der Waals surface area (Å²) in [4.78, 5) is 11.2. The van der Waals surface area contributed by atoms with Crippen LogP contribution >= 0.6 is 0 Å². The monoisotopic (exact) mass is 323 g/mol. The van der Waals surface area contributed by atoms with E-state index in [9.17, 15) is 9.90 Å². The van der Waals surface area contributed by atoms with Crippen LogP contribution in [0.25, 0.3) is 0 Å². The average molecular weight is 323 g/mol. The first-order chi connectivity index (χ1) is 11.6. The fourth-order valence-electron chi connectivity index (χ4n) is 3.63. The molecule has 5 nitrogen and oxygen atoms in total. The summed E-state index contributed by atoms with van der Waals surface area (Å²) in [6, 6.07) is 9.67. The predicted molar refractivity (Wildman–Crippen MR) is 89.8 cm³/mol. The minimum Gasteiger partial charge on any atom is -0.481 e. The van der Waals surface area contributed by atoms with Gasteiger partial charge in [0.25, 0.3) is 0 Å². The number of hydrogen-bond acceptors (Lipinski definition) is 3. The number of rotatable bonds is 5. The van der Waals surface area contributed by atoms with E-state index in [-0.39, 0.29) is 12.3 Å². The number of aryl methyl sites for hydroxylation is 1. The minimum absolute atomic E-state index is 0.0796. The van der Waals surface area contributed by atoms with Gasteiger partial charge in [-0.2, -0.15) is 10.4 Å². The van der Waals surface area contributed by atoms with Crippen LogP contribution in [-0.4, -0.2) is 20.9 Å². The van der Waals surface area contributed by atoms with Crippen molar-refractivity contribution in [2.45, 2.75) is 51.5 Å². The number of carboxylic acids is 1. The zero-order valence-corrected chi connectivity index (χ0v) is 13.8. The Morgan fingerprint density at radius 3 is 2.79 bits per heavy atom. The fourth-order valence-corrected chi connectivity index (χ4v) is 3.63. The molecule has 0 spiro atoms. The van der Waals surface area contributed by atoms with E-state index >= 15 is 0 Å². The van der Waals surface area contributed by atoms with Gasteiger partial charge in [0, 0.05) is 11.3 Å². The Morgan fingerprint density at radius 1 is 1.42 bits per heavy atom. The van der Waals surface area contributed by atoms with Gasteiger partial charge in [-0.1, -0.05) is 19.1 Å². The van der Waals surface area contributed by atoms with E-state index in [1.54, 1.807) is 0 Å². The summed E-state index contributed by atoms with van der Waals surface area (Å²) in [5.74, 6) is -0.661. The molecule has 0 amide bonds. The Morgan fingerprint density at radius 2 is 2.17 bits per heavy atom. The highest BCUT2D eigenvalue weighted by atomic mass is 16.4. The van der Waals surface area contributed by atoms with Gasteiger partial charge in [-0.05, 0) is 49.3 Å². The topological polar surface area (TPSA) is 78.9 Å². The van der Waals surface area contributed by atoms with Gasteiger partial charge < -0.3 is 5.11 Å². The van der Waals surface area contributed by atoms with E-state index in [0.29, 0.717) is 12.1 Å². The van der Waals surface area contributed by atoms with Crippen LogP contribution in [0.2, 0.25) is 0 Å². The zero-order chi connectivity index (χ0) is 17.1. The number of nitrogens with zero attached hydrogens (tertiary/aromatic N) is 3. The summed E-state index contributed by atoms with van der Waals surface area (Å²) in [7, 11) is 0. The summed E-state index contributed by atoms with van der Waals surface area (Å²) in [6.45, 7) is 2.73. The normalized spacial score (nSPS) is 16.4. The standard InChI is InChI=1S/C19H21N3O2/c1-2-16-19-15(10-18(23)24)4-3-5-17(19)22(21-16)12-14-8-6-13(11-20)7-9-14/h6-9,15H,2-5,10,12H2,1H3,(H,23,24). The van der Waals surface area contributed by atoms with Crippen molar-refractivity contribution in [2.75, 3.05) is 0 Å². The van der Waals surface area contributed by atoms with Gasteiger partial charge in [0.15, 0.2) is 0 Å². The molecular formula is C19H21N3O2. The van der Waals surface area contributed by atoms with Crippen LogP contribution in [0.4, 0.5) is 0 Å². The summed E-state index contributed by atoms with van der Waals surface area (Å²) in [5, 5.41) is 22.9. The third-order valence-electron chi connectivity index (χ3n) is 4.72. The van der Waals surface area contributed by atoms with Crippen molar-refractivity contribution in [1.29, 1.82) is 5.26 Å². The lowest BCUT2D eigenvalue weighted by Gasteiger charge is -2.22. The molecule has 1 aliphatic carbocycles. The van der Waals surface area contributed by atoms with Crippen molar-refractivity contribution in [1.82, 2.24) is 9.78 Å². The van der Waals surface area contributed by atoms with Crippen molar-refractivity contribution < 1.29 is 9.90 Å². The first-order valence-corrected chi connectivity index (χ1v) is 8.41. The van der Waals surface area contributed by atoms with Gasteiger partial charge in [-0.3, -0.25) is 9.48 Å². The number of aliphatic carboxylic acids is 1. The van der Waals surface area contributed by atoms with Crippen LogP contribution in [0, 0.1) is 11.3 Å². The largest absolute Gasteiger partial charge is 0.481 e. The number of benzene rings is 1. The first-order valence-electron chi connectivity index (χ1n) is 8.41. The summed E-state index contributed by atoms with van der Waals surface area (Å²) < 4.78 is 2.03. The van der Waals surface area contributed by atoms with Gasteiger partial charge in [0.2, 0.25) is 0 Å². The minimum atomic E-state index is -0.741. The smallest absolute Gasteiger partial charge is 0.303 e. The molecule has 0 radical (unpaired) electrons. The van der Waals surface area contributed by atoms with Gasteiger partial charge in [0.05, 0.1) is 30.3 Å². The Bertz CT molecular complexity index is 784. The molecular weight excluding hydrogens is 302 g/mol. The summed E-state index contributed by atoms with van der Waals surface area (Å²) in [6.07, 6.45) is 3.89. The molecule has 1 aliphatic rings. The maximum absolute atomic E-state index is 11.2. The SMILES string of the molecule is CCc1nn(Cc2ccc(C#N)cc2)c2c1C(CC(=O)O)CCC2. The summed E-state index contributed by atoms with van der Waals surface area (Å²) in [5.41, 5.74) is 5.14. The molecule has 0 saturated heterocycles. The molecule has 1 aromatic carbocycles. The van der Waals surface area contributed by atoms with Gasteiger partial charge in [0.1, 0.15) is 0 Å². The summed E-state index contributed by atoms with van der Waals surface area (Å²) >= 11 is 0. The number of aromatic nitrogens is 2. The van der Waals surface area contributed by atoms with E-state index in [4.69, 9.17) is 10.4 Å². The lowest BCUT2D eigenvalue weighted by molar-refractivity contribution is -0.137. The second-order valence-electron chi connectivity index (χ2n) is 6.31. The Balaban J connectivity index is 1.93. The van der Waals surface area contributed by atoms with Crippen LogP contribution in [0.5, 0.6) is 0 Å². The van der Waals surface area contributed by atoms with E-state index < -0.39 is 5.97 Å². The molecule has 1 atom stereocenters. The molecule has 0 fully saturated rings. The highest BCUT2D eigenvalue weighted by Gasteiger charge is 2.29. The maximum Gasteiger partial charge on any atom is 0.303 e. The second kappa shape index (κ2) is 6.88. The van der Waals surface area contributed by atoms with Crippen LogP contribution in [0.1, 0.15) is 60.2 Å². The van der Waals surface area contributed by atoms with Crippen LogP contribution in [0.3, 0.4) is 0 Å². The molecule has 0 bridgehead atoms. The molecule has 3 rings (SSSR count). The van der Waals surface area contributed by atoms with Gasteiger partial charge >= 0.3 is 5.97 Å². The van der Waals surface area contributed by atoms with Gasteiger partial charge in [-0.25, -0.2) is 0 Å². The molecule has 24 heavy (non-hydrogen) atoms. The molecule has 1 N–H and O–H groups in total. The van der Waals surface area contributed by atoms with Crippen molar-refractivity contribution in [3.63, 3.8) is 0 Å². The molecule has 2 aromatic rings. The molecule has 5 heteroatoms. The van der Waals surface area contributed by atoms with Crippen LogP contribution in [-0.2, 0) is 24.2 Å². The van der Waals surface area contributed by atoms with Crippen molar-refractivity contribution in [3.8, 4) is 6.07 Å². The number of nitriles is 1. The number of carbonyl (C=O) groups is 1. The Hall–Kier alpha value is -2.61. The number of fused-ring (bicyclic) bond motifs is 1. The van der Waals surface area contributed by atoms with Crippen LogP contribution < -0.4 is 0 Å². The second-order valence-corrected chi connectivity index (χ2v) is 6.31. The fraction of sp³-hybridized carbons (Fsp3) is 0.421. The van der Waals surface area contributed by atoms with Crippen molar-refractivity contribution in [2.24, 2.45) is 0 Å². The van der Waals surface area contributed by atoms with E-state index in [1.807, 2.05) is 28.9 Å². The quantitative estimate of drug-likeness (QED) is 0.916. The lowest BCUT2D eigenvalue weighted by atomic mass is 9.82. The lowest BCUT2D eigenvalue weighted by Crippen LogP contribution is -2.16. The third kappa shape index (κ3) is 3.18. The number of hydrogen-bond donors (Lipinski definition) is 1. The molecule has 0 aliphatic heterocycles. The van der Waals surface area contributed by atoms with E-state index in [0.717, 1.165) is 36.9 Å². The molecule has 1 unspecified atom stereocenters. The molecule has 0 saturated carbocycles. The highest BCUT2D eigenvalue weighted by Crippen LogP contribution is 2.36. The van der Waals surface area contributed by atoms with Crippen molar-refractivity contribution in [3.05, 3.63) is 52.3 Å². The van der Waals surface area contributed by atoms with E-state index in [1.165, 1.54) is 11.3 Å². The zero-order valence-electron chi connectivity index (χ0n) is 13.8. The van der Waals surface area contributed by atoms with Crippen LogP contribution in [0.15, 0.2) is 24.3 Å². The first kappa shape index (κ1) is 16.3. The van der Waals surface area contributed by atoms with Gasteiger partial charge in [-0.15, -0.1) is 0 Å².